The molecular formula is C18H26N4O4S. The minimum absolute atomic E-state index is 0.00507. The van der Waals surface area contributed by atoms with Crippen LogP contribution >= 0.6 is 0 Å². The van der Waals surface area contributed by atoms with Crippen molar-refractivity contribution in [2.75, 3.05) is 26.2 Å². The summed E-state index contributed by atoms with van der Waals surface area (Å²) < 4.78 is 27.2. The predicted molar refractivity (Wildman–Crippen MR) is 100 cm³/mol. The molecule has 0 aliphatic carbocycles. The van der Waals surface area contributed by atoms with Crippen molar-refractivity contribution in [1.29, 1.82) is 0 Å². The fourth-order valence-corrected chi connectivity index (χ4v) is 5.18. The molecule has 148 valence electrons. The Morgan fingerprint density at radius 1 is 1.19 bits per heavy atom. The zero-order valence-electron chi connectivity index (χ0n) is 15.2. The molecule has 8 nitrogen and oxygen atoms in total. The smallest absolute Gasteiger partial charge is 0.248 e. The van der Waals surface area contributed by atoms with Crippen molar-refractivity contribution in [3.8, 4) is 0 Å². The molecule has 2 aliphatic rings. The number of primary amides is 1. The van der Waals surface area contributed by atoms with Gasteiger partial charge in [0.05, 0.1) is 10.9 Å². The molecule has 0 aromatic heterocycles. The van der Waals surface area contributed by atoms with E-state index in [2.05, 4.69) is 10.6 Å². The molecule has 0 radical (unpaired) electrons. The van der Waals surface area contributed by atoms with Crippen LogP contribution in [0.25, 0.3) is 0 Å². The molecule has 0 saturated carbocycles. The number of carbonyl (C=O) groups excluding carboxylic acids is 2. The molecule has 4 N–H and O–H groups in total. The summed E-state index contributed by atoms with van der Waals surface area (Å²) in [6, 6.07) is 5.54. The van der Waals surface area contributed by atoms with Crippen LogP contribution in [0.2, 0.25) is 0 Å². The van der Waals surface area contributed by atoms with Crippen LogP contribution < -0.4 is 16.4 Å². The maximum Gasteiger partial charge on any atom is 0.248 e. The monoisotopic (exact) mass is 394 g/mol. The van der Waals surface area contributed by atoms with Crippen molar-refractivity contribution in [1.82, 2.24) is 14.9 Å². The number of rotatable bonds is 6. The first-order valence-electron chi connectivity index (χ1n) is 9.29. The van der Waals surface area contributed by atoms with E-state index in [1.165, 1.54) is 28.6 Å². The lowest BCUT2D eigenvalue weighted by Crippen LogP contribution is -2.46. The Morgan fingerprint density at radius 2 is 1.93 bits per heavy atom. The van der Waals surface area contributed by atoms with Gasteiger partial charge in [-0.3, -0.25) is 9.59 Å². The van der Waals surface area contributed by atoms with Crippen molar-refractivity contribution in [2.45, 2.75) is 36.6 Å². The maximum absolute atomic E-state index is 12.9. The lowest BCUT2D eigenvalue weighted by Gasteiger charge is -2.32. The van der Waals surface area contributed by atoms with E-state index in [0.717, 1.165) is 32.2 Å². The van der Waals surface area contributed by atoms with Crippen LogP contribution in [0.4, 0.5) is 0 Å². The summed E-state index contributed by atoms with van der Waals surface area (Å²) in [5, 5.41) is 6.11. The predicted octanol–water partition coefficient (Wildman–Crippen LogP) is 0.0544. The van der Waals surface area contributed by atoms with Crippen LogP contribution in [0.3, 0.4) is 0 Å². The fourth-order valence-electron chi connectivity index (χ4n) is 3.63. The van der Waals surface area contributed by atoms with E-state index < -0.39 is 15.9 Å². The van der Waals surface area contributed by atoms with Gasteiger partial charge in [0.2, 0.25) is 21.8 Å². The summed E-state index contributed by atoms with van der Waals surface area (Å²) in [5.41, 5.74) is 5.47. The summed E-state index contributed by atoms with van der Waals surface area (Å²) in [4.78, 5) is 23.4. The number of nitrogens with two attached hydrogens (primary N) is 1. The summed E-state index contributed by atoms with van der Waals surface area (Å²) >= 11 is 0. The first-order chi connectivity index (χ1) is 12.9. The molecule has 2 saturated heterocycles. The van der Waals surface area contributed by atoms with Crippen molar-refractivity contribution in [2.24, 2.45) is 11.7 Å². The molecule has 3 rings (SSSR count). The Kier molecular flexibility index (Phi) is 6.13. The number of nitrogens with one attached hydrogen (secondary N) is 2. The molecule has 0 spiro atoms. The van der Waals surface area contributed by atoms with Crippen molar-refractivity contribution >= 4 is 21.8 Å². The summed E-state index contributed by atoms with van der Waals surface area (Å²) in [6.07, 6.45) is 3.48. The van der Waals surface area contributed by atoms with Crippen LogP contribution in [0.1, 0.15) is 36.0 Å². The van der Waals surface area contributed by atoms with Crippen molar-refractivity contribution in [3.63, 3.8) is 0 Å². The third kappa shape index (κ3) is 4.66. The average molecular weight is 394 g/mol. The number of piperidine rings is 1. The number of carbonyl (C=O) groups is 2. The number of sulfonamides is 1. The molecule has 2 heterocycles. The minimum Gasteiger partial charge on any atom is -0.366 e. The third-order valence-electron chi connectivity index (χ3n) is 5.20. The van der Waals surface area contributed by atoms with E-state index >= 15 is 0 Å². The molecule has 1 aromatic carbocycles. The second-order valence-corrected chi connectivity index (χ2v) is 9.09. The van der Waals surface area contributed by atoms with E-state index in [4.69, 9.17) is 5.73 Å². The highest BCUT2D eigenvalue weighted by Gasteiger charge is 2.31. The average Bonchev–Trinajstić information content (AvgIpc) is 3.21. The largest absolute Gasteiger partial charge is 0.366 e. The third-order valence-corrected chi connectivity index (χ3v) is 7.08. The summed E-state index contributed by atoms with van der Waals surface area (Å²) in [6.45, 7) is 2.17. The second-order valence-electron chi connectivity index (χ2n) is 7.15. The standard InChI is InChI=1S/C18H26N4O4S/c19-17(23)14-5-7-15(8-6-14)27(25,26)22-10-2-3-13(12-22)11-21-18(24)16-4-1-9-20-16/h5-8,13,16,20H,1-4,9-12H2,(H2,19,23)(H,21,24). The molecule has 27 heavy (non-hydrogen) atoms. The maximum atomic E-state index is 12.9. The van der Waals surface area contributed by atoms with E-state index in [-0.39, 0.29) is 28.3 Å². The van der Waals surface area contributed by atoms with Gasteiger partial charge < -0.3 is 16.4 Å². The first kappa shape index (κ1) is 19.8. The van der Waals surface area contributed by atoms with Gasteiger partial charge in [0.15, 0.2) is 0 Å². The highest BCUT2D eigenvalue weighted by atomic mass is 32.2. The van der Waals surface area contributed by atoms with Crippen molar-refractivity contribution < 1.29 is 18.0 Å². The second kappa shape index (κ2) is 8.37. The fraction of sp³-hybridized carbons (Fsp3) is 0.556. The molecular weight excluding hydrogens is 368 g/mol. The number of nitrogens with zero attached hydrogens (tertiary/aromatic N) is 1. The number of hydrogen-bond acceptors (Lipinski definition) is 5. The summed E-state index contributed by atoms with van der Waals surface area (Å²) in [7, 11) is -3.64. The van der Waals surface area contributed by atoms with Gasteiger partial charge in [-0.2, -0.15) is 4.31 Å². The van der Waals surface area contributed by atoms with Gasteiger partial charge in [-0.25, -0.2) is 8.42 Å². The Morgan fingerprint density at radius 3 is 2.56 bits per heavy atom. The quantitative estimate of drug-likeness (QED) is 0.630. The van der Waals surface area contributed by atoms with Crippen LogP contribution in [-0.4, -0.2) is 56.8 Å². The van der Waals surface area contributed by atoms with E-state index in [1.54, 1.807) is 0 Å². The minimum atomic E-state index is -3.64. The summed E-state index contributed by atoms with van der Waals surface area (Å²) in [5.74, 6) is -0.511. The molecule has 0 bridgehead atoms. The molecule has 1 aromatic rings. The van der Waals surface area contributed by atoms with E-state index in [0.29, 0.717) is 19.6 Å². The Hall–Kier alpha value is -1.97. The molecule has 2 aliphatic heterocycles. The molecule has 2 amide bonds. The van der Waals surface area contributed by atoms with Crippen LogP contribution in [0, 0.1) is 5.92 Å². The zero-order valence-corrected chi connectivity index (χ0v) is 16.0. The normalized spacial score (nSPS) is 23.9. The van der Waals surface area contributed by atoms with Gasteiger partial charge in [-0.15, -0.1) is 0 Å². The topological polar surface area (TPSA) is 122 Å². The van der Waals surface area contributed by atoms with Gasteiger partial charge in [0, 0.05) is 25.2 Å². The van der Waals surface area contributed by atoms with Crippen LogP contribution in [0.15, 0.2) is 29.2 Å². The SMILES string of the molecule is NC(=O)c1ccc(S(=O)(=O)N2CCCC(CNC(=O)C3CCCN3)C2)cc1. The lowest BCUT2D eigenvalue weighted by molar-refractivity contribution is -0.123. The van der Waals surface area contributed by atoms with Gasteiger partial charge in [-0.05, 0) is 62.4 Å². The van der Waals surface area contributed by atoms with Crippen LogP contribution in [0.5, 0.6) is 0 Å². The number of benzene rings is 1. The number of hydrogen-bond donors (Lipinski definition) is 3. The zero-order chi connectivity index (χ0) is 19.4. The van der Waals surface area contributed by atoms with Crippen LogP contribution in [-0.2, 0) is 14.8 Å². The van der Waals surface area contributed by atoms with Gasteiger partial charge in [0.25, 0.3) is 0 Å². The van der Waals surface area contributed by atoms with E-state index in [1.807, 2.05) is 0 Å². The highest BCUT2D eigenvalue weighted by Crippen LogP contribution is 2.24. The lowest BCUT2D eigenvalue weighted by atomic mass is 9.99. The number of amides is 2. The Balaban J connectivity index is 1.60. The molecule has 2 atom stereocenters. The van der Waals surface area contributed by atoms with Gasteiger partial charge in [0.1, 0.15) is 0 Å². The van der Waals surface area contributed by atoms with Gasteiger partial charge >= 0.3 is 0 Å². The molecule has 9 heteroatoms. The Labute approximate surface area is 159 Å². The molecule has 2 unspecified atom stereocenters. The van der Waals surface area contributed by atoms with E-state index in [9.17, 15) is 18.0 Å². The van der Waals surface area contributed by atoms with Gasteiger partial charge in [-0.1, -0.05) is 0 Å². The molecule has 2 fully saturated rings. The Bertz CT molecular complexity index is 788. The van der Waals surface area contributed by atoms with Crippen molar-refractivity contribution in [3.05, 3.63) is 29.8 Å². The first-order valence-corrected chi connectivity index (χ1v) is 10.7. The highest BCUT2D eigenvalue weighted by molar-refractivity contribution is 7.89.